The Balaban J connectivity index is 1.69. The second-order valence-corrected chi connectivity index (χ2v) is 6.65. The highest BCUT2D eigenvalue weighted by atomic mass is 79.9. The van der Waals surface area contributed by atoms with Gasteiger partial charge in [-0.25, -0.2) is 5.43 Å². The molecule has 0 saturated carbocycles. The number of carbonyl (C=O) groups excluding carboxylic acids is 1. The summed E-state index contributed by atoms with van der Waals surface area (Å²) < 4.78 is 17.6. The number of fused-ring (bicyclic) bond motifs is 1. The van der Waals surface area contributed by atoms with Gasteiger partial charge in [-0.3, -0.25) is 4.79 Å². The Morgan fingerprint density at radius 3 is 2.86 bits per heavy atom. The summed E-state index contributed by atoms with van der Waals surface area (Å²) in [5.74, 6) is 0.979. The molecule has 28 heavy (non-hydrogen) atoms. The smallest absolute Gasteiger partial charge is 0.307 e. The van der Waals surface area contributed by atoms with Gasteiger partial charge in [-0.15, -0.1) is 0 Å². The number of hydrogen-bond acceptors (Lipinski definition) is 5. The van der Waals surface area contributed by atoms with Crippen LogP contribution in [0.2, 0.25) is 0 Å². The first kappa shape index (κ1) is 19.7. The van der Waals surface area contributed by atoms with E-state index in [4.69, 9.17) is 13.9 Å². The zero-order valence-corrected chi connectivity index (χ0v) is 16.9. The maximum Gasteiger partial charge on any atom is 0.307 e. The van der Waals surface area contributed by atoms with Crippen LogP contribution in [0.1, 0.15) is 23.0 Å². The number of hydrogen-bond donors (Lipinski definition) is 1. The molecule has 1 heterocycles. The van der Waals surface area contributed by atoms with Crippen LogP contribution in [0.25, 0.3) is 11.0 Å². The largest absolute Gasteiger partial charge is 0.490 e. The molecule has 0 spiro atoms. The second-order valence-electron chi connectivity index (χ2n) is 5.73. The van der Waals surface area contributed by atoms with Crippen LogP contribution in [0.15, 0.2) is 69.1 Å². The summed E-state index contributed by atoms with van der Waals surface area (Å²) in [6, 6.07) is 12.6. The molecule has 1 aromatic heterocycles. The van der Waals surface area contributed by atoms with E-state index < -0.39 is 5.91 Å². The molecule has 6 nitrogen and oxygen atoms in total. The minimum absolute atomic E-state index is 0.188. The third-order valence-corrected chi connectivity index (χ3v) is 4.20. The van der Waals surface area contributed by atoms with Gasteiger partial charge in [0.1, 0.15) is 12.2 Å². The van der Waals surface area contributed by atoms with Crippen molar-refractivity contribution in [1.29, 1.82) is 0 Å². The number of nitrogens with zero attached hydrogens (tertiary/aromatic N) is 1. The monoisotopic (exact) mass is 442 g/mol. The van der Waals surface area contributed by atoms with E-state index in [0.29, 0.717) is 30.3 Å². The van der Waals surface area contributed by atoms with Crippen LogP contribution in [0.4, 0.5) is 0 Å². The lowest BCUT2D eigenvalue weighted by atomic mass is 10.2. The summed E-state index contributed by atoms with van der Waals surface area (Å²) in [5, 5.41) is 4.83. The van der Waals surface area contributed by atoms with Crippen molar-refractivity contribution in [3.05, 3.63) is 70.9 Å². The number of nitrogens with one attached hydrogen (secondary N) is 1. The van der Waals surface area contributed by atoms with Gasteiger partial charge in [-0.2, -0.15) is 5.10 Å². The van der Waals surface area contributed by atoms with E-state index in [1.54, 1.807) is 30.3 Å². The van der Waals surface area contributed by atoms with Crippen molar-refractivity contribution in [2.75, 3.05) is 13.2 Å². The van der Waals surface area contributed by atoms with Gasteiger partial charge < -0.3 is 13.9 Å². The van der Waals surface area contributed by atoms with E-state index in [1.807, 2.05) is 25.1 Å². The maximum absolute atomic E-state index is 12.2. The van der Waals surface area contributed by atoms with Crippen LogP contribution in [0.5, 0.6) is 11.5 Å². The fourth-order valence-electron chi connectivity index (χ4n) is 2.49. The van der Waals surface area contributed by atoms with Crippen molar-refractivity contribution in [2.24, 2.45) is 5.10 Å². The molecule has 0 aliphatic carbocycles. The minimum Gasteiger partial charge on any atom is -0.490 e. The van der Waals surface area contributed by atoms with Crippen LogP contribution in [-0.2, 0) is 0 Å². The fraction of sp³-hybridized carbons (Fsp3) is 0.143. The number of rotatable bonds is 8. The Labute approximate surface area is 171 Å². The molecule has 0 radical (unpaired) electrons. The molecule has 0 atom stereocenters. The summed E-state index contributed by atoms with van der Waals surface area (Å²) in [7, 11) is 0. The molecule has 0 aliphatic heterocycles. The predicted molar refractivity (Wildman–Crippen MR) is 112 cm³/mol. The Hall–Kier alpha value is -3.06. The lowest BCUT2D eigenvalue weighted by molar-refractivity contribution is 0.0929. The van der Waals surface area contributed by atoms with Crippen molar-refractivity contribution in [2.45, 2.75) is 6.92 Å². The van der Waals surface area contributed by atoms with Gasteiger partial charge in [0.05, 0.1) is 12.8 Å². The molecule has 2 aromatic carbocycles. The predicted octanol–water partition coefficient (Wildman–Crippen LogP) is 4.92. The average Bonchev–Trinajstić information content (AvgIpc) is 3.11. The molecular formula is C21H19BrN2O4. The fourth-order valence-corrected chi connectivity index (χ4v) is 2.87. The Morgan fingerprint density at radius 1 is 1.21 bits per heavy atom. The van der Waals surface area contributed by atoms with Crippen molar-refractivity contribution >= 4 is 39.0 Å². The molecule has 0 fully saturated rings. The van der Waals surface area contributed by atoms with Gasteiger partial charge in [0, 0.05) is 9.86 Å². The lowest BCUT2D eigenvalue weighted by Gasteiger charge is -2.11. The maximum atomic E-state index is 12.2. The number of halogens is 1. The van der Waals surface area contributed by atoms with Gasteiger partial charge in [0.15, 0.2) is 17.3 Å². The molecule has 144 valence electrons. The zero-order chi connectivity index (χ0) is 19.9. The van der Waals surface area contributed by atoms with E-state index in [-0.39, 0.29) is 5.76 Å². The lowest BCUT2D eigenvalue weighted by Crippen LogP contribution is -2.16. The Morgan fingerprint density at radius 2 is 2.07 bits per heavy atom. The molecule has 7 heteroatoms. The highest BCUT2D eigenvalue weighted by Crippen LogP contribution is 2.28. The molecule has 1 amide bonds. The number of hydrazone groups is 1. The SMILES string of the molecule is C=CCOc1ccc(/C=N\NC(=O)c2cc3cc(Br)ccc3o2)cc1OCC. The molecule has 1 N–H and O–H groups in total. The van der Waals surface area contributed by atoms with Crippen molar-refractivity contribution in [3.63, 3.8) is 0 Å². The summed E-state index contributed by atoms with van der Waals surface area (Å²) in [6.45, 7) is 6.42. The Bertz CT molecular complexity index is 1030. The number of amides is 1. The molecule has 3 aromatic rings. The molecule has 0 unspecified atom stereocenters. The normalized spacial score (nSPS) is 10.9. The topological polar surface area (TPSA) is 73.1 Å². The third-order valence-electron chi connectivity index (χ3n) is 3.71. The van der Waals surface area contributed by atoms with E-state index >= 15 is 0 Å². The van der Waals surface area contributed by atoms with Gasteiger partial charge in [-0.1, -0.05) is 28.6 Å². The second kappa shape index (κ2) is 9.23. The number of furan rings is 1. The Kier molecular flexibility index (Phi) is 6.49. The van der Waals surface area contributed by atoms with Gasteiger partial charge in [0.2, 0.25) is 0 Å². The standard InChI is InChI=1S/C21H19BrN2O4/c1-3-9-27-18-7-5-14(10-19(18)26-4-2)13-23-24-21(25)20-12-15-11-16(22)6-8-17(15)28-20/h3,5-8,10-13H,1,4,9H2,2H3,(H,24,25)/b23-13-. The van der Waals surface area contributed by atoms with E-state index in [2.05, 4.69) is 33.0 Å². The number of benzene rings is 2. The first-order valence-electron chi connectivity index (χ1n) is 8.63. The summed E-state index contributed by atoms with van der Waals surface area (Å²) >= 11 is 3.39. The first-order valence-corrected chi connectivity index (χ1v) is 9.43. The van der Waals surface area contributed by atoms with Crippen molar-refractivity contribution < 1.29 is 18.7 Å². The highest BCUT2D eigenvalue weighted by Gasteiger charge is 2.12. The molecule has 0 aliphatic rings. The average molecular weight is 443 g/mol. The quantitative estimate of drug-likeness (QED) is 0.305. The van der Waals surface area contributed by atoms with E-state index in [9.17, 15) is 4.79 Å². The zero-order valence-electron chi connectivity index (χ0n) is 15.3. The minimum atomic E-state index is -0.431. The van der Waals surface area contributed by atoms with Crippen LogP contribution in [0, 0.1) is 0 Å². The molecular weight excluding hydrogens is 424 g/mol. The molecule has 0 bridgehead atoms. The van der Waals surface area contributed by atoms with Crippen molar-refractivity contribution in [3.8, 4) is 11.5 Å². The van der Waals surface area contributed by atoms with E-state index in [1.165, 1.54) is 6.21 Å². The molecule has 3 rings (SSSR count). The van der Waals surface area contributed by atoms with Crippen LogP contribution in [-0.4, -0.2) is 25.3 Å². The van der Waals surface area contributed by atoms with Gasteiger partial charge in [-0.05, 0) is 55.0 Å². The van der Waals surface area contributed by atoms with Crippen molar-refractivity contribution in [1.82, 2.24) is 5.43 Å². The number of carbonyl (C=O) groups is 1. The number of ether oxygens (including phenoxy) is 2. The summed E-state index contributed by atoms with van der Waals surface area (Å²) in [6.07, 6.45) is 3.19. The van der Waals surface area contributed by atoms with Gasteiger partial charge >= 0.3 is 5.91 Å². The van der Waals surface area contributed by atoms with Gasteiger partial charge in [0.25, 0.3) is 0 Å². The summed E-state index contributed by atoms with van der Waals surface area (Å²) in [5.41, 5.74) is 3.85. The van der Waals surface area contributed by atoms with Crippen LogP contribution < -0.4 is 14.9 Å². The first-order chi connectivity index (χ1) is 13.6. The van der Waals surface area contributed by atoms with Crippen LogP contribution in [0.3, 0.4) is 0 Å². The van der Waals surface area contributed by atoms with E-state index in [0.717, 1.165) is 15.4 Å². The highest BCUT2D eigenvalue weighted by molar-refractivity contribution is 9.10. The third kappa shape index (κ3) is 4.80. The molecule has 0 saturated heterocycles. The van der Waals surface area contributed by atoms with Crippen LogP contribution >= 0.6 is 15.9 Å². The summed E-state index contributed by atoms with van der Waals surface area (Å²) in [4.78, 5) is 12.2.